The second-order valence-electron chi connectivity index (χ2n) is 5.32. The van der Waals surface area contributed by atoms with E-state index in [0.29, 0.717) is 11.1 Å². The van der Waals surface area contributed by atoms with Crippen molar-refractivity contribution in [2.45, 2.75) is 17.6 Å². The summed E-state index contributed by atoms with van der Waals surface area (Å²) in [4.78, 5) is 34.2. The molecule has 7 heteroatoms. The zero-order valence-electron chi connectivity index (χ0n) is 13.0. The maximum Gasteiger partial charge on any atom is 0.350 e. The van der Waals surface area contributed by atoms with E-state index in [2.05, 4.69) is 4.74 Å². The molecule has 0 fully saturated rings. The lowest BCUT2D eigenvalue weighted by Gasteiger charge is -2.35. The lowest BCUT2D eigenvalue weighted by atomic mass is 9.74. The Morgan fingerprint density at radius 3 is 1.76 bits per heavy atom. The van der Waals surface area contributed by atoms with Crippen molar-refractivity contribution in [2.24, 2.45) is 0 Å². The fraction of sp³-hybridized carbons (Fsp3) is 0.167. The van der Waals surface area contributed by atoms with E-state index in [4.69, 9.17) is 0 Å². The molecule has 0 saturated carbocycles. The van der Waals surface area contributed by atoms with Gasteiger partial charge in [-0.15, -0.1) is 0 Å². The Morgan fingerprint density at radius 2 is 1.40 bits per heavy atom. The predicted octanol–water partition coefficient (Wildman–Crippen LogP) is 0.695. The molecule has 25 heavy (non-hydrogen) atoms. The Morgan fingerprint density at radius 1 is 0.960 bits per heavy atom. The number of carboxylic acid groups (broad SMARTS) is 1. The number of hydrogen-bond acceptors (Lipinski definition) is 6. The zero-order valence-corrected chi connectivity index (χ0v) is 13.0. The first-order chi connectivity index (χ1) is 11.9. The van der Waals surface area contributed by atoms with E-state index in [1.807, 2.05) is 0 Å². The van der Waals surface area contributed by atoms with Crippen molar-refractivity contribution in [1.29, 1.82) is 0 Å². The summed E-state index contributed by atoms with van der Waals surface area (Å²) in [6.07, 6.45) is -2.52. The molecule has 7 nitrogen and oxygen atoms in total. The average molecular weight is 344 g/mol. The number of carbonyl (C=O) groups is 3. The molecule has 0 amide bonds. The predicted molar refractivity (Wildman–Crippen MR) is 85.5 cm³/mol. The molecule has 0 radical (unpaired) electrons. The molecule has 0 saturated heterocycles. The third-order valence-corrected chi connectivity index (χ3v) is 3.84. The fourth-order valence-corrected chi connectivity index (χ4v) is 2.71. The van der Waals surface area contributed by atoms with Crippen molar-refractivity contribution in [3.05, 3.63) is 71.8 Å². The maximum atomic E-state index is 12.3. The molecule has 0 aliphatic rings. The smallest absolute Gasteiger partial charge is 0.350 e. The lowest BCUT2D eigenvalue weighted by Crippen LogP contribution is -2.58. The first-order valence-electron chi connectivity index (χ1n) is 7.30. The molecular formula is C18H16O7. The Labute approximate surface area is 143 Å². The van der Waals surface area contributed by atoms with Crippen LogP contribution in [0.3, 0.4) is 0 Å². The van der Waals surface area contributed by atoms with E-state index < -0.39 is 29.6 Å². The van der Waals surface area contributed by atoms with Crippen LogP contribution in [0.5, 0.6) is 0 Å². The van der Waals surface area contributed by atoms with Crippen LogP contribution in [0.1, 0.15) is 17.0 Å². The number of rotatable bonds is 7. The Kier molecular flexibility index (Phi) is 5.63. The summed E-state index contributed by atoms with van der Waals surface area (Å²) in [5, 5.41) is 30.2. The number of aliphatic hydroxyl groups is 2. The molecule has 0 heterocycles. The molecule has 2 aromatic carbocycles. The van der Waals surface area contributed by atoms with Crippen LogP contribution < -0.4 is 0 Å². The third-order valence-electron chi connectivity index (χ3n) is 3.84. The van der Waals surface area contributed by atoms with Gasteiger partial charge in [-0.2, -0.15) is 0 Å². The molecule has 2 unspecified atom stereocenters. The topological polar surface area (TPSA) is 121 Å². The van der Waals surface area contributed by atoms with Crippen LogP contribution >= 0.6 is 0 Å². The van der Waals surface area contributed by atoms with Crippen LogP contribution in [0, 0.1) is 0 Å². The molecule has 0 bridgehead atoms. The highest BCUT2D eigenvalue weighted by Crippen LogP contribution is 2.38. The number of carboxylic acids is 1. The normalized spacial score (nSPS) is 14.4. The largest absolute Gasteiger partial charge is 0.479 e. The fourth-order valence-electron chi connectivity index (χ4n) is 2.71. The highest BCUT2D eigenvalue weighted by atomic mass is 16.6. The van der Waals surface area contributed by atoms with Gasteiger partial charge < -0.3 is 20.1 Å². The van der Waals surface area contributed by atoms with Gasteiger partial charge in [0.1, 0.15) is 0 Å². The van der Waals surface area contributed by atoms with Gasteiger partial charge in [0.25, 0.3) is 0 Å². The van der Waals surface area contributed by atoms with Gasteiger partial charge in [-0.1, -0.05) is 60.7 Å². The van der Waals surface area contributed by atoms with E-state index in [-0.39, 0.29) is 6.47 Å². The minimum atomic E-state index is -2.92. The summed E-state index contributed by atoms with van der Waals surface area (Å²) < 4.78 is 4.21. The maximum absolute atomic E-state index is 12.3. The van der Waals surface area contributed by atoms with Gasteiger partial charge in [0.2, 0.25) is 5.60 Å². The number of ether oxygens (including phenoxy) is 1. The highest BCUT2D eigenvalue weighted by molar-refractivity contribution is 5.92. The van der Waals surface area contributed by atoms with Crippen LogP contribution in [-0.2, 0) is 19.1 Å². The van der Waals surface area contributed by atoms with Gasteiger partial charge in [-0.05, 0) is 11.1 Å². The van der Waals surface area contributed by atoms with Gasteiger partial charge in [-0.25, -0.2) is 9.59 Å². The van der Waals surface area contributed by atoms with E-state index in [1.165, 1.54) is 0 Å². The number of benzene rings is 2. The molecule has 2 atom stereocenters. The second-order valence-corrected chi connectivity index (χ2v) is 5.32. The molecule has 2 rings (SSSR count). The number of aliphatic hydroxyl groups excluding tert-OH is 1. The first-order valence-corrected chi connectivity index (χ1v) is 7.30. The number of aliphatic carboxylic acids is 1. The van der Waals surface area contributed by atoms with Crippen LogP contribution in [0.25, 0.3) is 0 Å². The van der Waals surface area contributed by atoms with Gasteiger partial charge in [0.15, 0.2) is 6.10 Å². The van der Waals surface area contributed by atoms with Crippen molar-refractivity contribution in [1.82, 2.24) is 0 Å². The Balaban J connectivity index is 2.71. The number of carbonyl (C=O) groups excluding carboxylic acids is 2. The average Bonchev–Trinajstić information content (AvgIpc) is 2.63. The van der Waals surface area contributed by atoms with Gasteiger partial charge in [0.05, 0.1) is 5.92 Å². The first kappa shape index (κ1) is 18.3. The minimum absolute atomic E-state index is 0.227. The van der Waals surface area contributed by atoms with Crippen molar-refractivity contribution in [3.8, 4) is 0 Å². The minimum Gasteiger partial charge on any atom is -0.479 e. The van der Waals surface area contributed by atoms with Gasteiger partial charge >= 0.3 is 18.4 Å². The molecule has 130 valence electrons. The van der Waals surface area contributed by atoms with Crippen LogP contribution in [0.2, 0.25) is 0 Å². The van der Waals surface area contributed by atoms with Crippen molar-refractivity contribution < 1.29 is 34.4 Å². The molecule has 3 N–H and O–H groups in total. The molecular weight excluding hydrogens is 328 g/mol. The second kappa shape index (κ2) is 7.69. The number of hydrogen-bond donors (Lipinski definition) is 3. The molecule has 0 aromatic heterocycles. The number of esters is 1. The highest BCUT2D eigenvalue weighted by Gasteiger charge is 2.55. The summed E-state index contributed by atoms with van der Waals surface area (Å²) in [7, 11) is 0. The molecule has 2 aromatic rings. The summed E-state index contributed by atoms with van der Waals surface area (Å²) in [5.41, 5.74) is -2.20. The van der Waals surface area contributed by atoms with Gasteiger partial charge in [-0.3, -0.25) is 4.79 Å². The zero-order chi connectivity index (χ0) is 18.4. The van der Waals surface area contributed by atoms with Crippen LogP contribution in [0.4, 0.5) is 0 Å². The van der Waals surface area contributed by atoms with Crippen molar-refractivity contribution in [2.75, 3.05) is 0 Å². The summed E-state index contributed by atoms with van der Waals surface area (Å²) in [6, 6.07) is 16.2. The summed E-state index contributed by atoms with van der Waals surface area (Å²) >= 11 is 0. The summed E-state index contributed by atoms with van der Waals surface area (Å²) in [6.45, 7) is -0.227. The van der Waals surface area contributed by atoms with E-state index >= 15 is 0 Å². The van der Waals surface area contributed by atoms with E-state index in [0.717, 1.165) is 0 Å². The molecule has 0 spiro atoms. The Bertz CT molecular complexity index is 705. The lowest BCUT2D eigenvalue weighted by molar-refractivity contribution is -0.189. The molecule has 0 aliphatic carbocycles. The molecule has 0 aliphatic heterocycles. The standard InChI is InChI=1S/C18H16O7/c19-11-25-17(23)18(24,15(20)16(21)22)14(12-7-3-1-4-8-12)13-9-5-2-6-10-13/h1-11,14-15,20,24H,(H,21,22). The quantitative estimate of drug-likeness (QED) is 0.384. The van der Waals surface area contributed by atoms with Crippen molar-refractivity contribution in [3.63, 3.8) is 0 Å². The van der Waals surface area contributed by atoms with Gasteiger partial charge in [0, 0.05) is 0 Å². The summed E-state index contributed by atoms with van der Waals surface area (Å²) in [5.74, 6) is -4.68. The van der Waals surface area contributed by atoms with Crippen molar-refractivity contribution >= 4 is 18.4 Å². The van der Waals surface area contributed by atoms with Crippen LogP contribution in [-0.4, -0.2) is 45.4 Å². The Hall–Kier alpha value is -3.03. The monoisotopic (exact) mass is 344 g/mol. The SMILES string of the molecule is O=COC(=O)C(O)(C(O)C(=O)O)C(c1ccccc1)c1ccccc1. The third kappa shape index (κ3) is 3.57. The van der Waals surface area contributed by atoms with E-state index in [9.17, 15) is 29.7 Å². The van der Waals surface area contributed by atoms with E-state index in [1.54, 1.807) is 60.7 Å². The van der Waals surface area contributed by atoms with Crippen LogP contribution in [0.15, 0.2) is 60.7 Å².